The Morgan fingerprint density at radius 1 is 0.842 bits per heavy atom. The molecular formula is C28H24N2O8. The number of aryl methyl sites for hydroxylation is 2. The van der Waals surface area contributed by atoms with Crippen LogP contribution in [-0.4, -0.2) is 60.0 Å². The molecule has 2 aromatic heterocycles. The normalized spacial score (nSPS) is 17.2. The summed E-state index contributed by atoms with van der Waals surface area (Å²) < 4.78 is 0. The lowest BCUT2D eigenvalue weighted by atomic mass is 9.61. The van der Waals surface area contributed by atoms with E-state index < -0.39 is 40.8 Å². The molecule has 0 saturated heterocycles. The van der Waals surface area contributed by atoms with Crippen LogP contribution < -0.4 is 0 Å². The first kappa shape index (κ1) is 25.0. The minimum atomic E-state index is -2.21. The van der Waals surface area contributed by atoms with Gasteiger partial charge in [0.1, 0.15) is 11.5 Å². The molecule has 1 aliphatic rings. The quantitative estimate of drug-likeness (QED) is 0.225. The number of benzene rings is 2. The molecule has 0 amide bonds. The molecular weight excluding hydrogens is 492 g/mol. The number of ketones is 2. The number of allylic oxidation sites excluding steroid dienone is 1. The lowest BCUT2D eigenvalue weighted by molar-refractivity contribution is -0.137. The van der Waals surface area contributed by atoms with Gasteiger partial charge in [0.25, 0.3) is 0 Å². The van der Waals surface area contributed by atoms with Crippen molar-refractivity contribution in [2.24, 2.45) is 0 Å². The van der Waals surface area contributed by atoms with E-state index in [1.54, 1.807) is 13.8 Å². The van der Waals surface area contributed by atoms with Gasteiger partial charge in [-0.2, -0.15) is 0 Å². The van der Waals surface area contributed by atoms with Crippen molar-refractivity contribution in [3.05, 3.63) is 81.9 Å². The van der Waals surface area contributed by atoms with E-state index in [2.05, 4.69) is 9.97 Å². The van der Waals surface area contributed by atoms with Gasteiger partial charge in [-0.3, -0.25) is 9.59 Å². The summed E-state index contributed by atoms with van der Waals surface area (Å²) in [5.74, 6) is -5.17. The predicted octanol–water partition coefficient (Wildman–Crippen LogP) is 3.41. The van der Waals surface area contributed by atoms with Gasteiger partial charge in [0.15, 0.2) is 11.5 Å². The number of nitrogens with one attached hydrogen (secondary N) is 2. The number of H-pyrrole nitrogens is 2. The largest absolute Gasteiger partial charge is 0.504 e. The lowest BCUT2D eigenvalue weighted by Crippen LogP contribution is -2.55. The summed E-state index contributed by atoms with van der Waals surface area (Å²) in [4.78, 5) is 57.3. The number of hydrogen-bond donors (Lipinski definition) is 6. The van der Waals surface area contributed by atoms with Crippen LogP contribution in [0.1, 0.15) is 57.1 Å². The number of hydrogen-bond acceptors (Lipinski definition) is 6. The van der Waals surface area contributed by atoms with Crippen LogP contribution in [0.4, 0.5) is 0 Å². The second-order valence-electron chi connectivity index (χ2n) is 9.27. The first-order valence-corrected chi connectivity index (χ1v) is 12.0. The highest BCUT2D eigenvalue weighted by Crippen LogP contribution is 2.49. The number of aromatic amines is 2. The minimum absolute atomic E-state index is 0.0813. The molecule has 0 fully saturated rings. The standard InChI is InChI=1S/C28H24N2O8/c1-3-16-22(14-9-12(26(35)36)5-7-18(14)29-16)28(24(33)20(31)11-21(32)25(28)34)23-15-10-13(27(37)38)6-8-19(15)30-17(23)4-2/h5-11,24,29-30,32-33H,3-4H2,1-2H3,(H,35,36)(H,37,38). The van der Waals surface area contributed by atoms with Gasteiger partial charge in [-0.25, -0.2) is 9.59 Å². The third-order valence-electron chi connectivity index (χ3n) is 7.29. The van der Waals surface area contributed by atoms with E-state index in [4.69, 9.17) is 0 Å². The number of carboxylic acid groups (broad SMARTS) is 2. The molecule has 1 unspecified atom stereocenters. The number of carbonyl (C=O) groups is 4. The summed E-state index contributed by atoms with van der Waals surface area (Å²) in [6.07, 6.45) is -0.715. The molecule has 6 N–H and O–H groups in total. The monoisotopic (exact) mass is 516 g/mol. The molecule has 10 heteroatoms. The molecule has 0 radical (unpaired) electrons. The Hall–Kier alpha value is -4.70. The van der Waals surface area contributed by atoms with Gasteiger partial charge in [-0.15, -0.1) is 0 Å². The number of aromatic nitrogens is 2. The molecule has 0 spiro atoms. The van der Waals surface area contributed by atoms with Crippen LogP contribution in [0.2, 0.25) is 0 Å². The highest BCUT2D eigenvalue weighted by Gasteiger charge is 2.58. The number of aliphatic hydroxyl groups is 2. The Balaban J connectivity index is 2.05. The summed E-state index contributed by atoms with van der Waals surface area (Å²) >= 11 is 0. The van der Waals surface area contributed by atoms with E-state index in [1.165, 1.54) is 36.4 Å². The van der Waals surface area contributed by atoms with Crippen molar-refractivity contribution in [3.63, 3.8) is 0 Å². The van der Waals surface area contributed by atoms with Gasteiger partial charge in [0.2, 0.25) is 5.78 Å². The second-order valence-corrected chi connectivity index (χ2v) is 9.27. The third-order valence-corrected chi connectivity index (χ3v) is 7.29. The Labute approximate surface area is 215 Å². The molecule has 4 aromatic rings. The number of carbonyl (C=O) groups excluding carboxylic acids is 2. The predicted molar refractivity (Wildman–Crippen MR) is 137 cm³/mol. The number of carboxylic acids is 2. The van der Waals surface area contributed by atoms with Gasteiger partial charge < -0.3 is 30.4 Å². The van der Waals surface area contributed by atoms with Crippen molar-refractivity contribution >= 4 is 45.3 Å². The minimum Gasteiger partial charge on any atom is -0.504 e. The van der Waals surface area contributed by atoms with Crippen molar-refractivity contribution in [1.29, 1.82) is 0 Å². The van der Waals surface area contributed by atoms with E-state index in [-0.39, 0.29) is 33.0 Å². The van der Waals surface area contributed by atoms with Crippen LogP contribution in [0.5, 0.6) is 0 Å². The molecule has 10 nitrogen and oxygen atoms in total. The zero-order valence-corrected chi connectivity index (χ0v) is 20.5. The average Bonchev–Trinajstić information content (AvgIpc) is 3.46. The smallest absolute Gasteiger partial charge is 0.335 e. The van der Waals surface area contributed by atoms with Crippen molar-refractivity contribution < 1.29 is 39.6 Å². The number of Topliss-reactive ketones (excluding diaryl/α,β-unsaturated/α-hetero) is 1. The Morgan fingerprint density at radius 2 is 1.29 bits per heavy atom. The summed E-state index contributed by atoms with van der Waals surface area (Å²) in [7, 11) is 0. The Bertz CT molecular complexity index is 1620. The molecule has 2 aromatic carbocycles. The van der Waals surface area contributed by atoms with Gasteiger partial charge in [-0.05, 0) is 49.2 Å². The fourth-order valence-corrected chi connectivity index (χ4v) is 5.64. The first-order chi connectivity index (χ1) is 18.1. The highest BCUT2D eigenvalue weighted by molar-refractivity contribution is 6.20. The number of rotatable bonds is 6. The summed E-state index contributed by atoms with van der Waals surface area (Å²) in [6.45, 7) is 3.57. The Morgan fingerprint density at radius 3 is 1.68 bits per heavy atom. The summed E-state index contributed by atoms with van der Waals surface area (Å²) in [5.41, 5.74) is -0.244. The lowest BCUT2D eigenvalue weighted by Gasteiger charge is -2.39. The van der Waals surface area contributed by atoms with E-state index in [9.17, 15) is 39.6 Å². The number of fused-ring (bicyclic) bond motifs is 2. The van der Waals surface area contributed by atoms with E-state index >= 15 is 0 Å². The van der Waals surface area contributed by atoms with Crippen molar-refractivity contribution in [1.82, 2.24) is 9.97 Å². The molecule has 5 rings (SSSR count). The molecule has 2 heterocycles. The van der Waals surface area contributed by atoms with Crippen LogP contribution in [0.3, 0.4) is 0 Å². The van der Waals surface area contributed by atoms with Gasteiger partial charge >= 0.3 is 11.9 Å². The van der Waals surface area contributed by atoms with E-state index in [0.717, 1.165) is 0 Å². The van der Waals surface area contributed by atoms with Gasteiger partial charge in [-0.1, -0.05) is 13.8 Å². The topological polar surface area (TPSA) is 181 Å². The highest BCUT2D eigenvalue weighted by atomic mass is 16.4. The molecule has 1 atom stereocenters. The average molecular weight is 517 g/mol. The van der Waals surface area contributed by atoms with E-state index in [1.807, 2.05) is 0 Å². The SMILES string of the molecule is CCc1[nH]c2ccc(C(=O)O)cc2c1C1(c2c(CC)[nH]c3ccc(C(=O)O)cc23)C(=O)C(O)=CC(=O)C1O. The number of aliphatic hydroxyl groups excluding tert-OH is 2. The van der Waals surface area contributed by atoms with E-state index in [0.29, 0.717) is 41.3 Å². The molecule has 194 valence electrons. The van der Waals surface area contributed by atoms with Crippen molar-refractivity contribution in [2.75, 3.05) is 0 Å². The maximum Gasteiger partial charge on any atom is 0.335 e. The molecule has 1 aliphatic carbocycles. The fraction of sp³-hybridized carbons (Fsp3) is 0.214. The van der Waals surface area contributed by atoms with Crippen molar-refractivity contribution in [3.8, 4) is 0 Å². The number of aromatic carboxylic acids is 2. The molecule has 0 saturated carbocycles. The van der Waals surface area contributed by atoms with Crippen molar-refractivity contribution in [2.45, 2.75) is 38.2 Å². The van der Waals surface area contributed by atoms with Crippen LogP contribution in [0.25, 0.3) is 21.8 Å². The first-order valence-electron chi connectivity index (χ1n) is 12.0. The van der Waals surface area contributed by atoms with Crippen LogP contribution in [-0.2, 0) is 27.8 Å². The molecule has 38 heavy (non-hydrogen) atoms. The third kappa shape index (κ3) is 3.30. The summed E-state index contributed by atoms with van der Waals surface area (Å²) in [5, 5.41) is 42.3. The van der Waals surface area contributed by atoms with Crippen LogP contribution in [0, 0.1) is 0 Å². The van der Waals surface area contributed by atoms with Gasteiger partial charge in [0, 0.05) is 50.4 Å². The zero-order valence-electron chi connectivity index (χ0n) is 20.5. The van der Waals surface area contributed by atoms with Crippen LogP contribution in [0.15, 0.2) is 48.2 Å². The Kier molecular flexibility index (Phi) is 5.72. The van der Waals surface area contributed by atoms with Crippen LogP contribution >= 0.6 is 0 Å². The molecule has 0 aliphatic heterocycles. The summed E-state index contributed by atoms with van der Waals surface area (Å²) in [6, 6.07) is 8.55. The maximum absolute atomic E-state index is 14.2. The molecule has 0 bridgehead atoms. The van der Waals surface area contributed by atoms with Gasteiger partial charge in [0.05, 0.1) is 11.1 Å². The zero-order chi connectivity index (χ0) is 27.5. The fourth-order valence-electron chi connectivity index (χ4n) is 5.64. The second kappa shape index (κ2) is 8.70. The maximum atomic E-state index is 14.2.